The van der Waals surface area contributed by atoms with Crippen LogP contribution in [0.1, 0.15) is 20.3 Å². The van der Waals surface area contributed by atoms with E-state index in [2.05, 4.69) is 4.72 Å². The number of hydrogen-bond acceptors (Lipinski definition) is 6. The molecule has 30 heavy (non-hydrogen) atoms. The lowest BCUT2D eigenvalue weighted by Gasteiger charge is -2.36. The Morgan fingerprint density at radius 1 is 1.10 bits per heavy atom. The van der Waals surface area contributed by atoms with E-state index < -0.39 is 21.5 Å². The van der Waals surface area contributed by atoms with Gasteiger partial charge in [0.1, 0.15) is 18.1 Å². The van der Waals surface area contributed by atoms with Gasteiger partial charge in [-0.25, -0.2) is 13.9 Å². The van der Waals surface area contributed by atoms with Gasteiger partial charge in [-0.15, -0.1) is 0 Å². The van der Waals surface area contributed by atoms with Crippen LogP contribution in [0.4, 0.5) is 0 Å². The number of ether oxygens (including phenoxy) is 2. The molecule has 10 heteroatoms. The number of allylic oxidation sites excluding steroid dienone is 1. The summed E-state index contributed by atoms with van der Waals surface area (Å²) in [4.78, 5) is 12.2. The Bertz CT molecular complexity index is 1070. The van der Waals surface area contributed by atoms with E-state index in [4.69, 9.17) is 26.3 Å². The summed E-state index contributed by atoms with van der Waals surface area (Å²) in [5.74, 6) is 0.679. The largest absolute Gasteiger partial charge is 0.496 e. The van der Waals surface area contributed by atoms with Crippen LogP contribution >= 0.6 is 11.6 Å². The van der Waals surface area contributed by atoms with Gasteiger partial charge in [0.05, 0.1) is 10.7 Å². The normalized spacial score (nSPS) is 19.2. The van der Waals surface area contributed by atoms with Crippen LogP contribution in [0.5, 0.6) is 11.5 Å². The first-order chi connectivity index (χ1) is 14.1. The van der Waals surface area contributed by atoms with Crippen LogP contribution in [0.25, 0.3) is 0 Å². The van der Waals surface area contributed by atoms with Gasteiger partial charge in [0.15, 0.2) is 5.54 Å². The minimum atomic E-state index is -4.11. The number of carbonyl (C=O) groups excluding carboxylic acids is 1. The van der Waals surface area contributed by atoms with Gasteiger partial charge < -0.3 is 9.47 Å². The van der Waals surface area contributed by atoms with Gasteiger partial charge in [0.2, 0.25) is 10.0 Å². The number of sulfonamides is 1. The Labute approximate surface area is 179 Å². The Hall–Kier alpha value is -2.59. The molecule has 1 atom stereocenters. The fourth-order valence-corrected chi connectivity index (χ4v) is 4.47. The van der Waals surface area contributed by atoms with Crippen LogP contribution in [0.2, 0.25) is 5.02 Å². The van der Waals surface area contributed by atoms with Crippen molar-refractivity contribution in [1.29, 1.82) is 0 Å². The fourth-order valence-electron chi connectivity index (χ4n) is 2.99. The number of carbonyl (C=O) groups is 1. The highest BCUT2D eigenvalue weighted by molar-refractivity contribution is 7.89. The molecule has 160 valence electrons. The lowest BCUT2D eigenvalue weighted by atomic mass is 9.90. The van der Waals surface area contributed by atoms with Crippen molar-refractivity contribution in [3.63, 3.8) is 0 Å². The third kappa shape index (κ3) is 4.76. The van der Waals surface area contributed by atoms with E-state index in [9.17, 15) is 13.2 Å². The van der Waals surface area contributed by atoms with Crippen molar-refractivity contribution in [1.82, 2.24) is 10.2 Å². The number of hydrogen-bond donors (Lipinski definition) is 3. The van der Waals surface area contributed by atoms with Gasteiger partial charge in [-0.05, 0) is 68.0 Å². The van der Waals surface area contributed by atoms with Crippen molar-refractivity contribution in [3.8, 4) is 11.5 Å². The lowest BCUT2D eigenvalue weighted by Crippen LogP contribution is -2.62. The first-order valence-electron chi connectivity index (χ1n) is 8.96. The number of rotatable bonds is 6. The molecule has 0 aromatic heterocycles. The van der Waals surface area contributed by atoms with Gasteiger partial charge >= 0.3 is 0 Å². The van der Waals surface area contributed by atoms with Crippen LogP contribution in [-0.2, 0) is 19.6 Å². The third-order valence-electron chi connectivity index (χ3n) is 4.75. The third-order valence-corrected chi connectivity index (χ3v) is 6.56. The molecule has 0 radical (unpaired) electrons. The summed E-state index contributed by atoms with van der Waals surface area (Å²) in [7, 11) is -4.11. The first-order valence-corrected chi connectivity index (χ1v) is 10.8. The standard InChI is InChI=1S/C20H21ClN2O6S/c1-13-11-20(19(24)22-25,12-28-14(13)2)23-30(26,27)18-9-7-17(8-10-18)29-16-5-3-15(21)4-6-16/h3-10,23,25H,11-12H2,1-2H3,(H,22,24). The Kier molecular flexibility index (Phi) is 6.37. The van der Waals surface area contributed by atoms with E-state index in [0.29, 0.717) is 27.9 Å². The number of halogens is 1. The van der Waals surface area contributed by atoms with Gasteiger partial charge in [0.25, 0.3) is 5.91 Å². The van der Waals surface area contributed by atoms with Crippen LogP contribution in [0.3, 0.4) is 0 Å². The van der Waals surface area contributed by atoms with Crippen LogP contribution in [0, 0.1) is 0 Å². The molecule has 3 rings (SSSR count). The van der Waals surface area contributed by atoms with Gasteiger partial charge in [0, 0.05) is 11.4 Å². The molecule has 0 aliphatic carbocycles. The molecule has 2 aromatic rings. The summed E-state index contributed by atoms with van der Waals surface area (Å²) in [5.41, 5.74) is 0.550. The molecule has 0 bridgehead atoms. The zero-order valence-electron chi connectivity index (χ0n) is 16.3. The molecule has 2 aromatic carbocycles. The van der Waals surface area contributed by atoms with E-state index in [1.165, 1.54) is 29.7 Å². The highest BCUT2D eigenvalue weighted by Crippen LogP contribution is 2.30. The Morgan fingerprint density at radius 2 is 1.67 bits per heavy atom. The molecule has 1 aliphatic heterocycles. The predicted octanol–water partition coefficient (Wildman–Crippen LogP) is 3.37. The molecule has 0 saturated heterocycles. The molecule has 1 unspecified atom stereocenters. The van der Waals surface area contributed by atoms with Gasteiger partial charge in [-0.3, -0.25) is 10.0 Å². The van der Waals surface area contributed by atoms with Crippen molar-refractivity contribution in [2.75, 3.05) is 6.61 Å². The van der Waals surface area contributed by atoms with Gasteiger partial charge in [-0.2, -0.15) is 4.72 Å². The summed E-state index contributed by atoms with van der Waals surface area (Å²) in [6.45, 7) is 3.20. The summed E-state index contributed by atoms with van der Waals surface area (Å²) < 4.78 is 39.3. The molecule has 0 spiro atoms. The number of hydroxylamine groups is 1. The number of benzene rings is 2. The van der Waals surface area contributed by atoms with Crippen molar-refractivity contribution in [3.05, 3.63) is 64.9 Å². The van der Waals surface area contributed by atoms with E-state index in [-0.39, 0.29) is 17.9 Å². The second kappa shape index (κ2) is 8.65. The van der Waals surface area contributed by atoms with E-state index in [0.717, 1.165) is 0 Å². The molecular formula is C20H21ClN2O6S. The summed E-state index contributed by atoms with van der Waals surface area (Å²) in [6.07, 6.45) is 0.0578. The topological polar surface area (TPSA) is 114 Å². The van der Waals surface area contributed by atoms with E-state index >= 15 is 0 Å². The maximum absolute atomic E-state index is 12.9. The summed E-state index contributed by atoms with van der Waals surface area (Å²) in [5, 5.41) is 9.71. The number of nitrogens with one attached hydrogen (secondary N) is 2. The van der Waals surface area contributed by atoms with Crippen molar-refractivity contribution in [2.45, 2.75) is 30.7 Å². The number of amides is 1. The quantitative estimate of drug-likeness (QED) is 0.457. The Morgan fingerprint density at radius 3 is 2.20 bits per heavy atom. The van der Waals surface area contributed by atoms with Crippen molar-refractivity contribution < 1.29 is 27.9 Å². The maximum atomic E-state index is 12.9. The minimum Gasteiger partial charge on any atom is -0.496 e. The molecule has 1 heterocycles. The minimum absolute atomic E-state index is 0.0578. The lowest BCUT2D eigenvalue weighted by molar-refractivity contribution is -0.138. The van der Waals surface area contributed by atoms with Crippen LogP contribution in [-0.4, -0.2) is 31.7 Å². The molecule has 3 N–H and O–H groups in total. The van der Waals surface area contributed by atoms with Crippen molar-refractivity contribution in [2.24, 2.45) is 0 Å². The fraction of sp³-hybridized carbons (Fsp3) is 0.250. The summed E-state index contributed by atoms with van der Waals surface area (Å²) in [6, 6.07) is 12.4. The molecule has 1 amide bonds. The van der Waals surface area contributed by atoms with Crippen LogP contribution in [0.15, 0.2) is 64.8 Å². The Balaban J connectivity index is 1.81. The monoisotopic (exact) mass is 452 g/mol. The molecule has 0 fully saturated rings. The highest BCUT2D eigenvalue weighted by Gasteiger charge is 2.45. The average Bonchev–Trinajstić information content (AvgIpc) is 2.72. The molecule has 0 saturated carbocycles. The second-order valence-electron chi connectivity index (χ2n) is 6.96. The van der Waals surface area contributed by atoms with E-state index in [1.54, 1.807) is 38.1 Å². The molecule has 1 aliphatic rings. The first kappa shape index (κ1) is 22.1. The SMILES string of the molecule is CC1=C(C)OCC(NS(=O)(=O)c2ccc(Oc3ccc(Cl)cc3)cc2)(C(=O)NO)C1. The highest BCUT2D eigenvalue weighted by atomic mass is 35.5. The van der Waals surface area contributed by atoms with Gasteiger partial charge in [-0.1, -0.05) is 11.6 Å². The zero-order valence-corrected chi connectivity index (χ0v) is 17.9. The smallest absolute Gasteiger partial charge is 0.268 e. The maximum Gasteiger partial charge on any atom is 0.268 e. The van der Waals surface area contributed by atoms with Crippen LogP contribution < -0.4 is 14.9 Å². The van der Waals surface area contributed by atoms with Crippen molar-refractivity contribution >= 4 is 27.5 Å². The summed E-state index contributed by atoms with van der Waals surface area (Å²) >= 11 is 5.84. The predicted molar refractivity (Wildman–Crippen MR) is 110 cm³/mol. The van der Waals surface area contributed by atoms with E-state index in [1.807, 2.05) is 0 Å². The molecular weight excluding hydrogens is 432 g/mol. The average molecular weight is 453 g/mol. The zero-order chi connectivity index (χ0) is 21.9. The molecule has 8 nitrogen and oxygen atoms in total. The second-order valence-corrected chi connectivity index (χ2v) is 9.08.